The molecule has 0 aliphatic heterocycles. The van der Waals surface area contributed by atoms with Gasteiger partial charge in [0.25, 0.3) is 10.1 Å². The van der Waals surface area contributed by atoms with Crippen molar-refractivity contribution in [1.82, 2.24) is 0 Å². The van der Waals surface area contributed by atoms with E-state index in [0.29, 0.717) is 19.3 Å². The van der Waals surface area contributed by atoms with Crippen molar-refractivity contribution in [3.05, 3.63) is 0 Å². The average molecular weight is 350 g/mol. The Morgan fingerprint density at radius 2 is 1.57 bits per heavy atom. The molecule has 120 valence electrons. The maximum absolute atomic E-state index is 11.6. The first-order valence-corrected chi connectivity index (χ1v) is 8.02. The van der Waals surface area contributed by atoms with Gasteiger partial charge >= 0.3 is 63.3 Å². The van der Waals surface area contributed by atoms with E-state index in [9.17, 15) is 32.8 Å². The molecule has 0 saturated heterocycles. The minimum atomic E-state index is -5.05. The van der Waals surface area contributed by atoms with Gasteiger partial charge in [-0.1, -0.05) is 39.5 Å². The van der Waals surface area contributed by atoms with E-state index in [4.69, 9.17) is 0 Å². The van der Waals surface area contributed by atoms with Crippen molar-refractivity contribution in [1.29, 1.82) is 0 Å². The number of carboxylic acids is 2. The summed E-state index contributed by atoms with van der Waals surface area (Å²) in [6, 6.07) is 0. The van der Waals surface area contributed by atoms with Gasteiger partial charge in [0.15, 0.2) is 0 Å². The Bertz CT molecular complexity index is 449. The topological polar surface area (TPSA) is 129 Å². The molecular formula is C12H23KO7S. The molecule has 0 aliphatic rings. The molecule has 0 aromatic rings. The number of unbranched alkanes of at least 4 members (excludes halogenated alkanes) is 2. The summed E-state index contributed by atoms with van der Waals surface area (Å²) in [7, 11) is -5.05. The maximum atomic E-state index is 11.6. The number of rotatable bonds is 10. The Balaban J connectivity index is 0. The molecule has 0 heterocycles. The van der Waals surface area contributed by atoms with E-state index in [1.54, 1.807) is 13.8 Å². The third-order valence-electron chi connectivity index (χ3n) is 3.43. The Labute approximate surface area is 167 Å². The summed E-state index contributed by atoms with van der Waals surface area (Å²) in [5.41, 5.74) is 0. The van der Waals surface area contributed by atoms with Gasteiger partial charge in [0, 0.05) is 0 Å². The summed E-state index contributed by atoms with van der Waals surface area (Å²) < 4.78 is 29.9. The molecule has 9 heteroatoms. The van der Waals surface area contributed by atoms with E-state index >= 15 is 0 Å². The summed E-state index contributed by atoms with van der Waals surface area (Å²) in [6.07, 6.45) is 1.12. The Kier molecular flexibility index (Phi) is 11.6. The Morgan fingerprint density at radius 3 is 1.86 bits per heavy atom. The first-order valence-electron chi connectivity index (χ1n) is 6.58. The van der Waals surface area contributed by atoms with Crippen LogP contribution in [0.25, 0.3) is 0 Å². The zero-order valence-corrected chi connectivity index (χ0v) is 12.5. The monoisotopic (exact) mass is 350 g/mol. The fraction of sp³-hybridized carbons (Fsp3) is 0.833. The van der Waals surface area contributed by atoms with Crippen molar-refractivity contribution in [2.45, 2.75) is 57.1 Å². The van der Waals surface area contributed by atoms with E-state index in [-0.39, 0.29) is 64.2 Å². The van der Waals surface area contributed by atoms with Gasteiger partial charge in [-0.15, -0.1) is 0 Å². The van der Waals surface area contributed by atoms with Gasteiger partial charge < -0.3 is 10.2 Å². The molecule has 21 heavy (non-hydrogen) atoms. The van der Waals surface area contributed by atoms with Gasteiger partial charge in [-0.25, -0.2) is 0 Å². The molecule has 0 saturated carbocycles. The van der Waals surface area contributed by atoms with Crippen molar-refractivity contribution < 1.29 is 32.8 Å². The third kappa shape index (κ3) is 5.89. The van der Waals surface area contributed by atoms with Gasteiger partial charge in [-0.3, -0.25) is 14.1 Å². The van der Waals surface area contributed by atoms with Crippen LogP contribution in [0.2, 0.25) is 0 Å². The quantitative estimate of drug-likeness (QED) is 0.398. The van der Waals surface area contributed by atoms with Crippen LogP contribution in [0.4, 0.5) is 0 Å². The fourth-order valence-electron chi connectivity index (χ4n) is 2.25. The standard InChI is InChI=1S/C12H22O7S.K.H/c1-3-5-7-9(10(13)14)12(11(15)16,8-6-4-2)20(17,18)19;;/h9H,3-8H2,1-2H3,(H,13,14)(H,15,16)(H,17,18,19);;. The SMILES string of the molecule is CCCCC(C(=O)O)C(CCCC)(C(=O)O)S(=O)(=O)O.[KH]. The predicted octanol–water partition coefficient (Wildman–Crippen LogP) is 1.13. The molecule has 0 aromatic heterocycles. The van der Waals surface area contributed by atoms with Crippen LogP contribution >= 0.6 is 0 Å². The molecule has 0 fully saturated rings. The predicted molar refractivity (Wildman–Crippen MR) is 79.2 cm³/mol. The second-order valence-electron chi connectivity index (χ2n) is 4.81. The van der Waals surface area contributed by atoms with Crippen LogP contribution in [0.1, 0.15) is 52.4 Å². The van der Waals surface area contributed by atoms with E-state index in [1.165, 1.54) is 0 Å². The number of hydrogen-bond donors (Lipinski definition) is 3. The van der Waals surface area contributed by atoms with Gasteiger partial charge in [0.05, 0.1) is 5.92 Å². The van der Waals surface area contributed by atoms with Crippen LogP contribution < -0.4 is 0 Å². The number of aliphatic carboxylic acids is 2. The molecule has 0 rings (SSSR count). The summed E-state index contributed by atoms with van der Waals surface area (Å²) >= 11 is 0. The number of hydrogen-bond acceptors (Lipinski definition) is 4. The summed E-state index contributed by atoms with van der Waals surface area (Å²) in [6.45, 7) is 3.50. The third-order valence-corrected chi connectivity index (χ3v) is 5.02. The van der Waals surface area contributed by atoms with Gasteiger partial charge in [0.1, 0.15) is 0 Å². The van der Waals surface area contributed by atoms with Crippen molar-refractivity contribution >= 4 is 73.4 Å². The molecule has 0 aromatic carbocycles. The van der Waals surface area contributed by atoms with Crippen LogP contribution in [-0.2, 0) is 19.7 Å². The van der Waals surface area contributed by atoms with Crippen molar-refractivity contribution in [3.63, 3.8) is 0 Å². The number of carbonyl (C=O) groups is 2. The van der Waals surface area contributed by atoms with Gasteiger partial charge in [0.2, 0.25) is 4.75 Å². The van der Waals surface area contributed by atoms with Crippen molar-refractivity contribution in [2.24, 2.45) is 5.92 Å². The number of carboxylic acid groups (broad SMARTS) is 2. The summed E-state index contributed by atoms with van der Waals surface area (Å²) in [5, 5.41) is 18.5. The van der Waals surface area contributed by atoms with E-state index in [1.807, 2.05) is 0 Å². The molecule has 0 aliphatic carbocycles. The first kappa shape index (κ1) is 23.7. The second-order valence-corrected chi connectivity index (χ2v) is 6.48. The van der Waals surface area contributed by atoms with Crippen molar-refractivity contribution in [3.8, 4) is 0 Å². The molecule has 2 atom stereocenters. The van der Waals surface area contributed by atoms with E-state index in [2.05, 4.69) is 0 Å². The molecule has 0 spiro atoms. The average Bonchev–Trinajstić information content (AvgIpc) is 2.30. The van der Waals surface area contributed by atoms with Crippen LogP contribution in [-0.4, -0.2) is 91.3 Å². The molecule has 3 N–H and O–H groups in total. The van der Waals surface area contributed by atoms with Crippen LogP contribution in [0.15, 0.2) is 0 Å². The Hall–Kier alpha value is 0.486. The minimum absolute atomic E-state index is 0. The fourth-order valence-corrected chi connectivity index (χ4v) is 3.45. The van der Waals surface area contributed by atoms with E-state index < -0.39 is 39.1 Å². The molecular weight excluding hydrogens is 327 g/mol. The van der Waals surface area contributed by atoms with Crippen LogP contribution in [0, 0.1) is 5.92 Å². The molecule has 0 radical (unpaired) electrons. The second kappa shape index (κ2) is 10.3. The summed E-state index contributed by atoms with van der Waals surface area (Å²) in [5.74, 6) is -4.99. The van der Waals surface area contributed by atoms with Crippen LogP contribution in [0.3, 0.4) is 0 Å². The van der Waals surface area contributed by atoms with E-state index in [0.717, 1.165) is 0 Å². The van der Waals surface area contributed by atoms with Gasteiger partial charge in [-0.2, -0.15) is 8.42 Å². The molecule has 0 bridgehead atoms. The zero-order chi connectivity index (χ0) is 16.0. The van der Waals surface area contributed by atoms with Crippen molar-refractivity contribution in [2.75, 3.05) is 0 Å². The van der Waals surface area contributed by atoms with Crippen LogP contribution in [0.5, 0.6) is 0 Å². The molecule has 2 unspecified atom stereocenters. The summed E-state index contributed by atoms with van der Waals surface area (Å²) in [4.78, 5) is 22.8. The normalized spacial score (nSPS) is 15.6. The van der Waals surface area contributed by atoms with Gasteiger partial charge in [-0.05, 0) is 12.8 Å². The first-order chi connectivity index (χ1) is 9.15. The Morgan fingerprint density at radius 1 is 1.10 bits per heavy atom. The molecule has 0 amide bonds. The zero-order valence-electron chi connectivity index (χ0n) is 11.7. The molecule has 7 nitrogen and oxygen atoms in total.